The molecule has 1 heterocycles. The lowest BCUT2D eigenvalue weighted by Crippen LogP contribution is -2.49. The molecule has 0 spiro atoms. The van der Waals surface area contributed by atoms with E-state index in [4.69, 9.17) is 5.73 Å². The lowest BCUT2D eigenvalue weighted by atomic mass is 9.93. The minimum atomic E-state index is -0.963. The van der Waals surface area contributed by atoms with E-state index in [1.54, 1.807) is 0 Å². The molecule has 1 aromatic rings. The maximum absolute atomic E-state index is 11.9. The summed E-state index contributed by atoms with van der Waals surface area (Å²) in [6, 6.07) is 6.84. The molecular formula is C13H16N2O3. The number of benzene rings is 1. The number of carboxylic acids is 1. The highest BCUT2D eigenvalue weighted by Crippen LogP contribution is 2.23. The molecule has 1 aromatic carbocycles. The summed E-state index contributed by atoms with van der Waals surface area (Å²) in [6.07, 6.45) is 0.549. The summed E-state index contributed by atoms with van der Waals surface area (Å²) in [4.78, 5) is 24.6. The molecule has 18 heavy (non-hydrogen) atoms. The Bertz CT molecular complexity index is 473. The summed E-state index contributed by atoms with van der Waals surface area (Å²) in [6.45, 7) is 0.593. The number of hydrogen-bond donors (Lipinski definition) is 2. The lowest BCUT2D eigenvalue weighted by Gasteiger charge is -2.34. The van der Waals surface area contributed by atoms with E-state index in [0.29, 0.717) is 13.0 Å². The van der Waals surface area contributed by atoms with Crippen LogP contribution in [0, 0.1) is 0 Å². The first-order valence-corrected chi connectivity index (χ1v) is 5.92. The average Bonchev–Trinajstić information content (AvgIpc) is 2.37. The summed E-state index contributed by atoms with van der Waals surface area (Å²) >= 11 is 0. The van der Waals surface area contributed by atoms with Gasteiger partial charge in [-0.3, -0.25) is 4.79 Å². The van der Waals surface area contributed by atoms with Crippen LogP contribution in [0.2, 0.25) is 0 Å². The number of aliphatic carboxylic acids is 1. The molecule has 1 aliphatic rings. The fourth-order valence-corrected chi connectivity index (χ4v) is 2.27. The summed E-state index contributed by atoms with van der Waals surface area (Å²) in [5.74, 6) is -1.16. The molecule has 1 amide bonds. The van der Waals surface area contributed by atoms with E-state index in [9.17, 15) is 14.7 Å². The van der Waals surface area contributed by atoms with Crippen molar-refractivity contribution in [3.63, 3.8) is 0 Å². The molecular weight excluding hydrogens is 232 g/mol. The third-order valence-electron chi connectivity index (χ3n) is 3.21. The van der Waals surface area contributed by atoms with Gasteiger partial charge in [0.05, 0.1) is 0 Å². The van der Waals surface area contributed by atoms with Gasteiger partial charge in [-0.15, -0.1) is 0 Å². The standard InChI is InChI=1S/C13H16N2O3/c14-6-5-12(16)15-8-10-4-2-1-3-9(10)7-11(15)13(17)18/h1-4,11H,5-8,14H2,(H,17,18)/t11-/m1/s1. The Hall–Kier alpha value is -1.88. The predicted octanol–water partition coefficient (Wildman–Crippen LogP) is 0.373. The van der Waals surface area contributed by atoms with Crippen LogP contribution in [0.1, 0.15) is 17.5 Å². The molecule has 2 rings (SSSR count). The van der Waals surface area contributed by atoms with E-state index in [1.165, 1.54) is 4.90 Å². The Morgan fingerprint density at radius 3 is 2.61 bits per heavy atom. The summed E-state index contributed by atoms with van der Waals surface area (Å²) < 4.78 is 0. The van der Waals surface area contributed by atoms with E-state index >= 15 is 0 Å². The molecule has 5 nitrogen and oxygen atoms in total. The number of hydrogen-bond acceptors (Lipinski definition) is 3. The Labute approximate surface area is 105 Å². The van der Waals surface area contributed by atoms with Gasteiger partial charge >= 0.3 is 5.97 Å². The van der Waals surface area contributed by atoms with Crippen LogP contribution in [0.5, 0.6) is 0 Å². The second-order valence-electron chi connectivity index (χ2n) is 4.39. The monoisotopic (exact) mass is 248 g/mol. The van der Waals surface area contributed by atoms with Gasteiger partial charge in [-0.25, -0.2) is 4.79 Å². The van der Waals surface area contributed by atoms with Crippen LogP contribution in [0.25, 0.3) is 0 Å². The number of amides is 1. The van der Waals surface area contributed by atoms with Crippen LogP contribution < -0.4 is 5.73 Å². The van der Waals surface area contributed by atoms with E-state index in [1.807, 2.05) is 24.3 Å². The summed E-state index contributed by atoms with van der Waals surface area (Å²) in [7, 11) is 0. The van der Waals surface area contributed by atoms with Gasteiger partial charge in [0, 0.05) is 25.9 Å². The van der Waals surface area contributed by atoms with Crippen LogP contribution in [-0.2, 0) is 22.6 Å². The molecule has 0 aliphatic carbocycles. The molecule has 0 fully saturated rings. The zero-order valence-corrected chi connectivity index (χ0v) is 10.0. The van der Waals surface area contributed by atoms with Gasteiger partial charge in [0.25, 0.3) is 0 Å². The minimum absolute atomic E-state index is 0.186. The Morgan fingerprint density at radius 1 is 1.33 bits per heavy atom. The van der Waals surface area contributed by atoms with Gasteiger partial charge < -0.3 is 15.7 Å². The quantitative estimate of drug-likeness (QED) is 0.809. The van der Waals surface area contributed by atoms with Crippen LogP contribution in [0.15, 0.2) is 24.3 Å². The first kappa shape index (κ1) is 12.6. The van der Waals surface area contributed by atoms with Crippen molar-refractivity contribution in [2.45, 2.75) is 25.4 Å². The maximum Gasteiger partial charge on any atom is 0.326 e. The molecule has 0 radical (unpaired) electrons. The third kappa shape index (κ3) is 2.36. The second-order valence-corrected chi connectivity index (χ2v) is 4.39. The summed E-state index contributed by atoms with van der Waals surface area (Å²) in [5, 5.41) is 9.23. The highest BCUT2D eigenvalue weighted by molar-refractivity contribution is 5.84. The van der Waals surface area contributed by atoms with E-state index in [-0.39, 0.29) is 18.9 Å². The number of carbonyl (C=O) groups excluding carboxylic acids is 1. The lowest BCUT2D eigenvalue weighted by molar-refractivity contribution is -0.151. The molecule has 0 bridgehead atoms. The molecule has 96 valence electrons. The SMILES string of the molecule is NCCC(=O)N1Cc2ccccc2C[C@@H]1C(=O)O. The second kappa shape index (κ2) is 5.18. The number of nitrogens with zero attached hydrogens (tertiary/aromatic N) is 1. The van der Waals surface area contributed by atoms with Crippen LogP contribution in [0.4, 0.5) is 0 Å². The Balaban J connectivity index is 2.28. The van der Waals surface area contributed by atoms with Gasteiger partial charge in [0.15, 0.2) is 0 Å². The van der Waals surface area contributed by atoms with Crippen LogP contribution in [-0.4, -0.2) is 34.5 Å². The normalized spacial score (nSPS) is 18.3. The zero-order valence-electron chi connectivity index (χ0n) is 10.0. The fraction of sp³-hybridized carbons (Fsp3) is 0.385. The molecule has 1 atom stereocenters. The number of carbonyl (C=O) groups is 2. The van der Waals surface area contributed by atoms with Crippen LogP contribution >= 0.6 is 0 Å². The Morgan fingerprint density at radius 2 is 2.00 bits per heavy atom. The van der Waals surface area contributed by atoms with Crippen molar-refractivity contribution in [2.75, 3.05) is 6.54 Å². The molecule has 0 aromatic heterocycles. The molecule has 0 saturated heterocycles. The minimum Gasteiger partial charge on any atom is -0.480 e. The molecule has 0 unspecified atom stereocenters. The smallest absolute Gasteiger partial charge is 0.326 e. The van der Waals surface area contributed by atoms with Crippen molar-refractivity contribution < 1.29 is 14.7 Å². The summed E-state index contributed by atoms with van der Waals surface area (Å²) in [5.41, 5.74) is 7.37. The average molecular weight is 248 g/mol. The largest absolute Gasteiger partial charge is 0.480 e. The van der Waals surface area contributed by atoms with Gasteiger partial charge in [-0.05, 0) is 11.1 Å². The highest BCUT2D eigenvalue weighted by Gasteiger charge is 2.33. The molecule has 3 N–H and O–H groups in total. The first-order chi connectivity index (χ1) is 8.63. The zero-order chi connectivity index (χ0) is 13.1. The first-order valence-electron chi connectivity index (χ1n) is 5.92. The topological polar surface area (TPSA) is 83.6 Å². The van der Waals surface area contributed by atoms with Crippen molar-refractivity contribution >= 4 is 11.9 Å². The predicted molar refractivity (Wildman–Crippen MR) is 65.8 cm³/mol. The highest BCUT2D eigenvalue weighted by atomic mass is 16.4. The number of rotatable bonds is 3. The van der Waals surface area contributed by atoms with Gasteiger partial charge in [0.2, 0.25) is 5.91 Å². The van der Waals surface area contributed by atoms with Gasteiger partial charge in [-0.1, -0.05) is 24.3 Å². The fourth-order valence-electron chi connectivity index (χ4n) is 2.27. The molecule has 0 saturated carbocycles. The molecule has 1 aliphatic heterocycles. The van der Waals surface area contributed by atoms with Gasteiger partial charge in [-0.2, -0.15) is 0 Å². The number of carboxylic acid groups (broad SMARTS) is 1. The van der Waals surface area contributed by atoms with Crippen molar-refractivity contribution in [3.05, 3.63) is 35.4 Å². The number of fused-ring (bicyclic) bond motifs is 1. The van der Waals surface area contributed by atoms with Crippen molar-refractivity contribution in [1.29, 1.82) is 0 Å². The van der Waals surface area contributed by atoms with Gasteiger partial charge in [0.1, 0.15) is 6.04 Å². The van der Waals surface area contributed by atoms with E-state index in [2.05, 4.69) is 0 Å². The van der Waals surface area contributed by atoms with Crippen LogP contribution in [0.3, 0.4) is 0 Å². The van der Waals surface area contributed by atoms with Crippen molar-refractivity contribution in [2.24, 2.45) is 5.73 Å². The molecule has 5 heteroatoms. The van der Waals surface area contributed by atoms with E-state index in [0.717, 1.165) is 11.1 Å². The maximum atomic E-state index is 11.9. The number of nitrogens with two attached hydrogens (primary N) is 1. The van der Waals surface area contributed by atoms with E-state index < -0.39 is 12.0 Å². The van der Waals surface area contributed by atoms with Crippen molar-refractivity contribution in [3.8, 4) is 0 Å². The third-order valence-corrected chi connectivity index (χ3v) is 3.21. The van der Waals surface area contributed by atoms with Crippen molar-refractivity contribution in [1.82, 2.24) is 4.90 Å². The Kier molecular flexibility index (Phi) is 3.62.